The summed E-state index contributed by atoms with van der Waals surface area (Å²) in [6, 6.07) is 13.8. The summed E-state index contributed by atoms with van der Waals surface area (Å²) in [4.78, 5) is 16.5. The average Bonchev–Trinajstić information content (AvgIpc) is 3.16. The van der Waals surface area contributed by atoms with Crippen molar-refractivity contribution in [2.75, 3.05) is 13.7 Å². The second-order valence-electron chi connectivity index (χ2n) is 6.77. The van der Waals surface area contributed by atoms with E-state index < -0.39 is 0 Å². The third-order valence-electron chi connectivity index (χ3n) is 4.99. The van der Waals surface area contributed by atoms with Gasteiger partial charge in [-0.2, -0.15) is 0 Å². The minimum Gasteiger partial charge on any atom is -0.497 e. The molecule has 2 aromatic rings. The largest absolute Gasteiger partial charge is 0.497 e. The van der Waals surface area contributed by atoms with E-state index in [-0.39, 0.29) is 16.7 Å². The standard InChI is InChI=1S/C19H22N2O2/c1-18(2)12-19(18,14-7-5-4-6-8-14)13-21-17(22)16-11-15(23-3)9-10-20-16/h4-11H,12-13H2,1-3H3,(H,21,22)/t19-/m0/s1. The molecule has 1 atom stereocenters. The van der Waals surface area contributed by atoms with E-state index in [2.05, 4.69) is 48.4 Å². The highest BCUT2D eigenvalue weighted by Crippen LogP contribution is 2.63. The Morgan fingerprint density at radius 3 is 2.57 bits per heavy atom. The van der Waals surface area contributed by atoms with Gasteiger partial charge in [0.05, 0.1) is 7.11 Å². The summed E-state index contributed by atoms with van der Waals surface area (Å²) in [6.45, 7) is 5.10. The lowest BCUT2D eigenvalue weighted by molar-refractivity contribution is 0.0942. The van der Waals surface area contributed by atoms with Gasteiger partial charge in [-0.05, 0) is 23.5 Å². The first-order valence-electron chi connectivity index (χ1n) is 7.82. The van der Waals surface area contributed by atoms with E-state index in [0.717, 1.165) is 6.42 Å². The molecule has 120 valence electrons. The summed E-state index contributed by atoms with van der Waals surface area (Å²) in [5.41, 5.74) is 1.85. The van der Waals surface area contributed by atoms with Crippen LogP contribution in [0.4, 0.5) is 0 Å². The maximum absolute atomic E-state index is 12.4. The predicted octanol–water partition coefficient (Wildman–Crippen LogP) is 3.19. The second kappa shape index (κ2) is 5.69. The number of rotatable bonds is 5. The van der Waals surface area contributed by atoms with E-state index in [4.69, 9.17) is 4.74 Å². The minimum atomic E-state index is -0.165. The molecule has 23 heavy (non-hydrogen) atoms. The Balaban J connectivity index is 1.75. The van der Waals surface area contributed by atoms with Gasteiger partial charge in [-0.3, -0.25) is 9.78 Å². The van der Waals surface area contributed by atoms with Gasteiger partial charge in [-0.1, -0.05) is 44.2 Å². The van der Waals surface area contributed by atoms with Crippen molar-refractivity contribution in [3.8, 4) is 5.75 Å². The van der Waals surface area contributed by atoms with E-state index in [9.17, 15) is 4.79 Å². The molecule has 1 fully saturated rings. The van der Waals surface area contributed by atoms with Gasteiger partial charge in [-0.15, -0.1) is 0 Å². The second-order valence-corrected chi connectivity index (χ2v) is 6.77. The Labute approximate surface area is 136 Å². The van der Waals surface area contributed by atoms with Crippen LogP contribution in [0.1, 0.15) is 36.3 Å². The van der Waals surface area contributed by atoms with Crippen LogP contribution >= 0.6 is 0 Å². The van der Waals surface area contributed by atoms with Crippen LogP contribution < -0.4 is 10.1 Å². The number of ether oxygens (including phenoxy) is 1. The quantitative estimate of drug-likeness (QED) is 0.923. The van der Waals surface area contributed by atoms with Crippen LogP contribution in [0.25, 0.3) is 0 Å². The van der Waals surface area contributed by atoms with Crippen molar-refractivity contribution in [2.24, 2.45) is 5.41 Å². The van der Waals surface area contributed by atoms with Gasteiger partial charge < -0.3 is 10.1 Å². The summed E-state index contributed by atoms with van der Waals surface area (Å²) < 4.78 is 5.15. The van der Waals surface area contributed by atoms with Crippen LogP contribution in [0, 0.1) is 5.41 Å². The molecule has 1 aliphatic rings. The van der Waals surface area contributed by atoms with Gasteiger partial charge in [-0.25, -0.2) is 0 Å². The normalized spacial score (nSPS) is 21.5. The molecule has 1 saturated carbocycles. The summed E-state index contributed by atoms with van der Waals surface area (Å²) in [7, 11) is 1.58. The first-order valence-corrected chi connectivity index (χ1v) is 7.82. The summed E-state index contributed by atoms with van der Waals surface area (Å²) >= 11 is 0. The molecule has 0 aliphatic heterocycles. The van der Waals surface area contributed by atoms with E-state index >= 15 is 0 Å². The van der Waals surface area contributed by atoms with Crippen LogP contribution in [0.5, 0.6) is 5.75 Å². The van der Waals surface area contributed by atoms with Crippen molar-refractivity contribution < 1.29 is 9.53 Å². The highest BCUT2D eigenvalue weighted by atomic mass is 16.5. The molecule has 0 bridgehead atoms. The Bertz CT molecular complexity index is 712. The van der Waals surface area contributed by atoms with Gasteiger partial charge in [0.1, 0.15) is 11.4 Å². The molecule has 1 N–H and O–H groups in total. The summed E-state index contributed by atoms with van der Waals surface area (Å²) in [5.74, 6) is 0.469. The van der Waals surface area contributed by atoms with E-state index in [1.54, 1.807) is 25.4 Å². The fourth-order valence-corrected chi connectivity index (χ4v) is 3.35. The van der Waals surface area contributed by atoms with Crippen LogP contribution in [-0.4, -0.2) is 24.5 Å². The molecule has 0 saturated heterocycles. The Kier molecular flexibility index (Phi) is 3.84. The number of benzene rings is 1. The third kappa shape index (κ3) is 2.81. The number of nitrogens with one attached hydrogen (secondary N) is 1. The number of pyridine rings is 1. The number of hydrogen-bond acceptors (Lipinski definition) is 3. The molecule has 1 heterocycles. The molecule has 1 aromatic heterocycles. The van der Waals surface area contributed by atoms with E-state index in [0.29, 0.717) is 18.0 Å². The first-order chi connectivity index (χ1) is 11.0. The Morgan fingerprint density at radius 1 is 1.26 bits per heavy atom. The van der Waals surface area contributed by atoms with Crippen LogP contribution in [-0.2, 0) is 5.41 Å². The zero-order valence-electron chi connectivity index (χ0n) is 13.8. The van der Waals surface area contributed by atoms with Gasteiger partial charge in [0, 0.05) is 24.2 Å². The molecule has 4 heteroatoms. The topological polar surface area (TPSA) is 51.2 Å². The maximum Gasteiger partial charge on any atom is 0.270 e. The van der Waals surface area contributed by atoms with Crippen molar-refractivity contribution in [3.63, 3.8) is 0 Å². The summed E-state index contributed by atoms with van der Waals surface area (Å²) in [5, 5.41) is 3.05. The molecule has 0 spiro atoms. The zero-order chi connectivity index (χ0) is 16.5. The maximum atomic E-state index is 12.4. The first kappa shape index (κ1) is 15.5. The fraction of sp³-hybridized carbons (Fsp3) is 0.368. The molecule has 0 unspecified atom stereocenters. The Morgan fingerprint density at radius 2 is 1.96 bits per heavy atom. The monoisotopic (exact) mass is 310 g/mol. The van der Waals surface area contributed by atoms with Crippen molar-refractivity contribution >= 4 is 5.91 Å². The lowest BCUT2D eigenvalue weighted by Crippen LogP contribution is -2.35. The molecule has 3 rings (SSSR count). The van der Waals surface area contributed by atoms with Crippen LogP contribution in [0.2, 0.25) is 0 Å². The third-order valence-corrected chi connectivity index (χ3v) is 4.99. The van der Waals surface area contributed by atoms with E-state index in [1.807, 2.05) is 6.07 Å². The van der Waals surface area contributed by atoms with Crippen molar-refractivity contribution in [2.45, 2.75) is 25.7 Å². The molecule has 1 aromatic carbocycles. The number of methoxy groups -OCH3 is 1. The SMILES string of the molecule is COc1ccnc(C(=O)NC[C@]2(c3ccccc3)CC2(C)C)c1. The number of hydrogen-bond donors (Lipinski definition) is 1. The number of nitrogens with zero attached hydrogens (tertiary/aromatic N) is 1. The lowest BCUT2D eigenvalue weighted by Gasteiger charge is -2.21. The molecular weight excluding hydrogens is 288 g/mol. The smallest absolute Gasteiger partial charge is 0.270 e. The fourth-order valence-electron chi connectivity index (χ4n) is 3.35. The minimum absolute atomic E-state index is 0.00276. The molecular formula is C19H22N2O2. The van der Waals surface area contributed by atoms with Crippen molar-refractivity contribution in [1.29, 1.82) is 0 Å². The van der Waals surface area contributed by atoms with E-state index in [1.165, 1.54) is 5.56 Å². The molecule has 4 nitrogen and oxygen atoms in total. The average molecular weight is 310 g/mol. The zero-order valence-corrected chi connectivity index (χ0v) is 13.8. The molecule has 1 aliphatic carbocycles. The molecule has 1 amide bonds. The highest BCUT2D eigenvalue weighted by molar-refractivity contribution is 5.92. The van der Waals surface area contributed by atoms with Gasteiger partial charge in [0.25, 0.3) is 5.91 Å². The van der Waals surface area contributed by atoms with Crippen molar-refractivity contribution in [3.05, 3.63) is 59.9 Å². The number of carbonyl (C=O) groups is 1. The Hall–Kier alpha value is -2.36. The number of carbonyl (C=O) groups excluding carboxylic acids is 1. The predicted molar refractivity (Wildman–Crippen MR) is 89.6 cm³/mol. The van der Waals surface area contributed by atoms with Crippen LogP contribution in [0.3, 0.4) is 0 Å². The van der Waals surface area contributed by atoms with Gasteiger partial charge >= 0.3 is 0 Å². The highest BCUT2D eigenvalue weighted by Gasteiger charge is 2.61. The van der Waals surface area contributed by atoms with Crippen molar-refractivity contribution in [1.82, 2.24) is 10.3 Å². The van der Waals surface area contributed by atoms with Gasteiger partial charge in [0.15, 0.2) is 0 Å². The molecule has 0 radical (unpaired) electrons. The van der Waals surface area contributed by atoms with Crippen LogP contribution in [0.15, 0.2) is 48.7 Å². The van der Waals surface area contributed by atoms with Gasteiger partial charge in [0.2, 0.25) is 0 Å². The summed E-state index contributed by atoms with van der Waals surface area (Å²) in [6.07, 6.45) is 2.65. The number of amides is 1. The number of aromatic nitrogens is 1. The lowest BCUT2D eigenvalue weighted by atomic mass is 9.88.